The van der Waals surface area contributed by atoms with Crippen molar-refractivity contribution in [1.29, 1.82) is 0 Å². The van der Waals surface area contributed by atoms with E-state index < -0.39 is 6.04 Å². The number of benzene rings is 2. The van der Waals surface area contributed by atoms with Crippen LogP contribution in [0.15, 0.2) is 59.8 Å². The van der Waals surface area contributed by atoms with Gasteiger partial charge in [-0.1, -0.05) is 41.4 Å². The lowest BCUT2D eigenvalue weighted by Gasteiger charge is -2.28. The van der Waals surface area contributed by atoms with Crippen LogP contribution < -0.4 is 16.0 Å². The first-order valence-corrected chi connectivity index (χ1v) is 8.30. The summed E-state index contributed by atoms with van der Waals surface area (Å²) in [5.74, 6) is -0.327. The van der Waals surface area contributed by atoms with Crippen molar-refractivity contribution in [3.8, 4) is 0 Å². The lowest BCUT2D eigenvalue weighted by atomic mass is 9.95. The van der Waals surface area contributed by atoms with Crippen LogP contribution in [-0.2, 0) is 4.79 Å². The van der Waals surface area contributed by atoms with Crippen LogP contribution in [0.25, 0.3) is 0 Å². The number of carbonyl (C=O) groups excluding carboxylic acids is 2. The summed E-state index contributed by atoms with van der Waals surface area (Å²) >= 11 is 11.9. The van der Waals surface area contributed by atoms with E-state index in [1.807, 2.05) is 0 Å². The molecular formula is C18H15Cl2N3O2. The predicted octanol–water partition coefficient (Wildman–Crippen LogP) is 4.26. The Labute approximate surface area is 155 Å². The summed E-state index contributed by atoms with van der Waals surface area (Å²) in [5.41, 5.74) is 2.24. The Morgan fingerprint density at radius 3 is 2.48 bits per heavy atom. The van der Waals surface area contributed by atoms with E-state index in [9.17, 15) is 9.59 Å². The second-order valence-electron chi connectivity index (χ2n) is 5.59. The molecule has 2 aromatic rings. The number of amides is 3. The van der Waals surface area contributed by atoms with Crippen molar-refractivity contribution in [2.75, 3.05) is 5.32 Å². The molecule has 3 N–H and O–H groups in total. The third-order valence-corrected chi connectivity index (χ3v) is 4.29. The van der Waals surface area contributed by atoms with Crippen LogP contribution in [0.5, 0.6) is 0 Å². The van der Waals surface area contributed by atoms with Gasteiger partial charge in [0.2, 0.25) is 0 Å². The number of rotatable bonds is 3. The first kappa shape index (κ1) is 17.3. The van der Waals surface area contributed by atoms with Crippen LogP contribution in [0, 0.1) is 0 Å². The van der Waals surface area contributed by atoms with Gasteiger partial charge in [-0.05, 0) is 42.8 Å². The highest BCUT2D eigenvalue weighted by atomic mass is 35.5. The summed E-state index contributed by atoms with van der Waals surface area (Å²) in [6.45, 7) is 1.69. The van der Waals surface area contributed by atoms with Crippen molar-refractivity contribution < 1.29 is 9.59 Å². The van der Waals surface area contributed by atoms with Gasteiger partial charge in [0.1, 0.15) is 0 Å². The predicted molar refractivity (Wildman–Crippen MR) is 98.6 cm³/mol. The summed E-state index contributed by atoms with van der Waals surface area (Å²) in [6.07, 6.45) is 0. The lowest BCUT2D eigenvalue weighted by molar-refractivity contribution is -0.113. The summed E-state index contributed by atoms with van der Waals surface area (Å²) in [4.78, 5) is 24.7. The number of hydrogen-bond donors (Lipinski definition) is 3. The Hall–Kier alpha value is -2.50. The molecule has 1 heterocycles. The maximum absolute atomic E-state index is 12.8. The average molecular weight is 376 g/mol. The molecule has 3 rings (SSSR count). The molecule has 7 heteroatoms. The van der Waals surface area contributed by atoms with Gasteiger partial charge in [-0.25, -0.2) is 4.79 Å². The summed E-state index contributed by atoms with van der Waals surface area (Å²) in [7, 11) is 0. The van der Waals surface area contributed by atoms with Gasteiger partial charge in [0.15, 0.2) is 0 Å². The topological polar surface area (TPSA) is 70.2 Å². The molecule has 25 heavy (non-hydrogen) atoms. The molecule has 0 radical (unpaired) electrons. The molecule has 0 saturated carbocycles. The smallest absolute Gasteiger partial charge is 0.319 e. The number of halogens is 2. The number of nitrogens with one attached hydrogen (secondary N) is 3. The van der Waals surface area contributed by atoms with Crippen LogP contribution in [0.3, 0.4) is 0 Å². The Morgan fingerprint density at radius 2 is 1.80 bits per heavy atom. The minimum atomic E-state index is -0.579. The Bertz CT molecular complexity index is 863. The van der Waals surface area contributed by atoms with Crippen molar-refractivity contribution >= 4 is 40.8 Å². The molecular weight excluding hydrogens is 361 g/mol. The third kappa shape index (κ3) is 3.95. The van der Waals surface area contributed by atoms with Gasteiger partial charge in [0.05, 0.1) is 11.6 Å². The van der Waals surface area contributed by atoms with E-state index >= 15 is 0 Å². The zero-order valence-electron chi connectivity index (χ0n) is 13.3. The van der Waals surface area contributed by atoms with Crippen LogP contribution in [0.2, 0.25) is 10.0 Å². The quantitative estimate of drug-likeness (QED) is 0.749. The monoisotopic (exact) mass is 375 g/mol. The first-order valence-electron chi connectivity index (χ1n) is 7.54. The van der Waals surface area contributed by atoms with Crippen molar-refractivity contribution in [1.82, 2.24) is 10.6 Å². The fourth-order valence-electron chi connectivity index (χ4n) is 2.66. The molecule has 0 aliphatic carbocycles. The van der Waals surface area contributed by atoms with E-state index in [1.54, 1.807) is 55.5 Å². The minimum absolute atomic E-state index is 0.327. The number of carbonyl (C=O) groups is 2. The number of allylic oxidation sites excluding steroid dienone is 1. The van der Waals surface area contributed by atoms with E-state index in [0.717, 1.165) is 5.56 Å². The van der Waals surface area contributed by atoms with Crippen molar-refractivity contribution in [3.63, 3.8) is 0 Å². The van der Waals surface area contributed by atoms with Crippen molar-refractivity contribution in [2.45, 2.75) is 13.0 Å². The lowest BCUT2D eigenvalue weighted by Crippen LogP contribution is -2.45. The van der Waals surface area contributed by atoms with Crippen LogP contribution >= 0.6 is 23.2 Å². The average Bonchev–Trinajstić information content (AvgIpc) is 2.54. The molecule has 0 spiro atoms. The molecule has 0 unspecified atom stereocenters. The fraction of sp³-hybridized carbons (Fsp3) is 0.111. The third-order valence-electron chi connectivity index (χ3n) is 3.80. The highest BCUT2D eigenvalue weighted by molar-refractivity contribution is 6.31. The van der Waals surface area contributed by atoms with Gasteiger partial charge in [0, 0.05) is 21.4 Å². The molecule has 1 aliphatic heterocycles. The van der Waals surface area contributed by atoms with Gasteiger partial charge in [-0.15, -0.1) is 0 Å². The van der Waals surface area contributed by atoms with Crippen LogP contribution in [-0.4, -0.2) is 11.9 Å². The Kier molecular flexibility index (Phi) is 4.97. The minimum Gasteiger partial charge on any atom is -0.327 e. The summed E-state index contributed by atoms with van der Waals surface area (Å²) in [6, 6.07) is 12.9. The molecule has 1 atom stereocenters. The zero-order chi connectivity index (χ0) is 18.0. The van der Waals surface area contributed by atoms with Crippen LogP contribution in [0.1, 0.15) is 18.5 Å². The largest absolute Gasteiger partial charge is 0.327 e. The molecule has 0 saturated heterocycles. The van der Waals surface area contributed by atoms with E-state index in [2.05, 4.69) is 16.0 Å². The van der Waals surface area contributed by atoms with Crippen molar-refractivity contribution in [3.05, 3.63) is 75.4 Å². The highest BCUT2D eigenvalue weighted by Gasteiger charge is 2.31. The first-order chi connectivity index (χ1) is 11.9. The Morgan fingerprint density at radius 1 is 1.08 bits per heavy atom. The van der Waals surface area contributed by atoms with E-state index in [-0.39, 0.29) is 11.9 Å². The second kappa shape index (κ2) is 7.17. The molecule has 0 fully saturated rings. The van der Waals surface area contributed by atoms with Gasteiger partial charge in [-0.2, -0.15) is 0 Å². The molecule has 128 valence electrons. The van der Waals surface area contributed by atoms with Gasteiger partial charge >= 0.3 is 6.03 Å². The molecule has 5 nitrogen and oxygen atoms in total. The number of urea groups is 1. The van der Waals surface area contributed by atoms with E-state index in [4.69, 9.17) is 23.2 Å². The maximum atomic E-state index is 12.8. The molecule has 3 amide bonds. The summed E-state index contributed by atoms with van der Waals surface area (Å²) < 4.78 is 0. The SMILES string of the molecule is CC1=C(C(=O)Nc2cccc(Cl)c2)[C@H](c2ccc(Cl)cc2)NC(=O)N1. The van der Waals surface area contributed by atoms with E-state index in [1.165, 1.54) is 0 Å². The standard InChI is InChI=1S/C18H15Cl2N3O2/c1-10-15(17(24)22-14-4-2-3-13(20)9-14)16(23-18(25)21-10)11-5-7-12(19)8-6-11/h2-9,16H,1H3,(H,22,24)(H2,21,23,25)/t16-/m0/s1. The molecule has 0 bridgehead atoms. The second-order valence-corrected chi connectivity index (χ2v) is 6.46. The van der Waals surface area contributed by atoms with Gasteiger partial charge < -0.3 is 16.0 Å². The summed E-state index contributed by atoms with van der Waals surface area (Å²) in [5, 5.41) is 9.32. The number of anilines is 1. The molecule has 2 aromatic carbocycles. The normalized spacial score (nSPS) is 16.9. The molecule has 1 aliphatic rings. The zero-order valence-corrected chi connectivity index (χ0v) is 14.8. The van der Waals surface area contributed by atoms with Crippen LogP contribution in [0.4, 0.5) is 10.5 Å². The van der Waals surface area contributed by atoms with Gasteiger partial charge in [0.25, 0.3) is 5.91 Å². The maximum Gasteiger partial charge on any atom is 0.319 e. The number of hydrogen-bond acceptors (Lipinski definition) is 2. The van der Waals surface area contributed by atoms with E-state index in [0.29, 0.717) is 27.0 Å². The highest BCUT2D eigenvalue weighted by Crippen LogP contribution is 2.28. The fourth-order valence-corrected chi connectivity index (χ4v) is 2.98. The Balaban J connectivity index is 1.94. The van der Waals surface area contributed by atoms with Crippen molar-refractivity contribution in [2.24, 2.45) is 0 Å². The molecule has 0 aromatic heterocycles. The van der Waals surface area contributed by atoms with Gasteiger partial charge in [-0.3, -0.25) is 4.79 Å².